The van der Waals surface area contributed by atoms with Crippen molar-refractivity contribution in [3.63, 3.8) is 0 Å². The number of halogens is 1. The van der Waals surface area contributed by atoms with E-state index in [2.05, 4.69) is 10.0 Å². The van der Waals surface area contributed by atoms with E-state index in [4.69, 9.17) is 16.3 Å². The van der Waals surface area contributed by atoms with Crippen LogP contribution in [0.25, 0.3) is 0 Å². The molecule has 2 rings (SSSR count). The number of rotatable bonds is 5. The highest BCUT2D eigenvalue weighted by Crippen LogP contribution is 2.29. The summed E-state index contributed by atoms with van der Waals surface area (Å²) in [5, 5.41) is 3.02. The van der Waals surface area contributed by atoms with E-state index in [-0.39, 0.29) is 17.3 Å². The van der Waals surface area contributed by atoms with Crippen LogP contribution >= 0.6 is 11.6 Å². The van der Waals surface area contributed by atoms with Gasteiger partial charge in [0.1, 0.15) is 5.75 Å². The molecule has 0 spiro atoms. The first-order valence-corrected chi connectivity index (χ1v) is 8.79. The molecule has 0 aliphatic heterocycles. The van der Waals surface area contributed by atoms with Gasteiger partial charge >= 0.3 is 0 Å². The SMILES string of the molecule is COc1cc(NC(=O)c2ccccc2Cl)ccc1NS(C)(=O)=O. The molecule has 0 unspecified atom stereocenters. The van der Waals surface area contributed by atoms with Crippen molar-refractivity contribution in [2.24, 2.45) is 0 Å². The number of methoxy groups -OCH3 is 1. The maximum Gasteiger partial charge on any atom is 0.257 e. The molecule has 0 heterocycles. The zero-order valence-electron chi connectivity index (χ0n) is 12.5. The molecular weight excluding hydrogens is 340 g/mol. The Labute approximate surface area is 139 Å². The van der Waals surface area contributed by atoms with Gasteiger partial charge in [-0.05, 0) is 24.3 Å². The summed E-state index contributed by atoms with van der Waals surface area (Å²) in [6, 6.07) is 11.2. The van der Waals surface area contributed by atoms with Crippen molar-refractivity contribution >= 4 is 38.9 Å². The van der Waals surface area contributed by atoms with Crippen molar-refractivity contribution in [2.75, 3.05) is 23.4 Å². The highest BCUT2D eigenvalue weighted by molar-refractivity contribution is 7.92. The van der Waals surface area contributed by atoms with Crippen molar-refractivity contribution in [1.29, 1.82) is 0 Å². The first-order chi connectivity index (χ1) is 10.8. The Bertz CT molecular complexity index is 837. The number of nitrogens with one attached hydrogen (secondary N) is 2. The van der Waals surface area contributed by atoms with Crippen molar-refractivity contribution in [3.8, 4) is 5.75 Å². The third kappa shape index (κ3) is 4.61. The highest BCUT2D eigenvalue weighted by Gasteiger charge is 2.13. The Morgan fingerprint density at radius 1 is 1.17 bits per heavy atom. The standard InChI is InChI=1S/C15H15ClN2O4S/c1-22-14-9-10(7-8-13(14)18-23(2,20)21)17-15(19)11-5-3-4-6-12(11)16/h3-9,18H,1-2H3,(H,17,19). The van der Waals surface area contributed by atoms with Crippen molar-refractivity contribution in [3.05, 3.63) is 53.1 Å². The van der Waals surface area contributed by atoms with Crippen molar-refractivity contribution in [2.45, 2.75) is 0 Å². The molecule has 0 saturated carbocycles. The van der Waals surface area contributed by atoms with Gasteiger partial charge < -0.3 is 10.1 Å². The van der Waals surface area contributed by atoms with Crippen LogP contribution in [0, 0.1) is 0 Å². The summed E-state index contributed by atoms with van der Waals surface area (Å²) in [5.74, 6) is -0.0890. The number of sulfonamides is 1. The number of ether oxygens (including phenoxy) is 1. The van der Waals surface area contributed by atoms with Gasteiger partial charge in [0, 0.05) is 11.8 Å². The number of hydrogen-bond acceptors (Lipinski definition) is 4. The van der Waals surface area contributed by atoms with Gasteiger partial charge in [0.25, 0.3) is 5.91 Å². The predicted octanol–water partition coefficient (Wildman–Crippen LogP) is 2.97. The van der Waals surface area contributed by atoms with Crippen LogP contribution in [-0.4, -0.2) is 27.7 Å². The number of carbonyl (C=O) groups is 1. The van der Waals surface area contributed by atoms with E-state index < -0.39 is 10.0 Å². The number of hydrogen-bond donors (Lipinski definition) is 2. The fourth-order valence-electron chi connectivity index (χ4n) is 1.90. The highest BCUT2D eigenvalue weighted by atomic mass is 35.5. The van der Waals surface area contributed by atoms with Gasteiger partial charge in [0.05, 0.1) is 29.6 Å². The molecule has 0 fully saturated rings. The summed E-state index contributed by atoms with van der Waals surface area (Å²) in [6.07, 6.45) is 1.04. The molecule has 0 atom stereocenters. The van der Waals surface area contributed by atoms with Crippen LogP contribution in [0.4, 0.5) is 11.4 Å². The quantitative estimate of drug-likeness (QED) is 0.864. The van der Waals surface area contributed by atoms with Crippen LogP contribution in [0.15, 0.2) is 42.5 Å². The molecule has 2 N–H and O–H groups in total. The first-order valence-electron chi connectivity index (χ1n) is 6.52. The average Bonchev–Trinajstić information content (AvgIpc) is 2.47. The maximum absolute atomic E-state index is 12.2. The lowest BCUT2D eigenvalue weighted by Crippen LogP contribution is -2.13. The summed E-state index contributed by atoms with van der Waals surface area (Å²) < 4.78 is 30.1. The first kappa shape index (κ1) is 17.1. The maximum atomic E-state index is 12.2. The van der Waals surface area contributed by atoms with E-state index >= 15 is 0 Å². The molecule has 0 radical (unpaired) electrons. The molecule has 2 aromatic carbocycles. The van der Waals surface area contributed by atoms with Crippen LogP contribution in [0.2, 0.25) is 5.02 Å². The monoisotopic (exact) mass is 354 g/mol. The average molecular weight is 355 g/mol. The lowest BCUT2D eigenvalue weighted by atomic mass is 10.2. The Morgan fingerprint density at radius 3 is 2.48 bits per heavy atom. The minimum absolute atomic E-state index is 0.283. The smallest absolute Gasteiger partial charge is 0.257 e. The van der Waals surface area contributed by atoms with E-state index in [1.165, 1.54) is 19.2 Å². The molecule has 122 valence electrons. The third-order valence-corrected chi connectivity index (χ3v) is 3.79. The lowest BCUT2D eigenvalue weighted by molar-refractivity contribution is 0.102. The number of anilines is 2. The van der Waals surface area contributed by atoms with Gasteiger partial charge in [-0.25, -0.2) is 8.42 Å². The van der Waals surface area contributed by atoms with E-state index in [0.29, 0.717) is 16.3 Å². The second-order valence-corrected chi connectivity index (χ2v) is 6.88. The van der Waals surface area contributed by atoms with Crippen LogP contribution in [0.5, 0.6) is 5.75 Å². The van der Waals surface area contributed by atoms with Crippen molar-refractivity contribution in [1.82, 2.24) is 0 Å². The summed E-state index contributed by atoms with van der Waals surface area (Å²) in [6.45, 7) is 0. The molecule has 0 aliphatic carbocycles. The van der Waals surface area contributed by atoms with Gasteiger partial charge in [-0.1, -0.05) is 23.7 Å². The summed E-state index contributed by atoms with van der Waals surface area (Å²) in [4.78, 5) is 12.2. The Morgan fingerprint density at radius 2 is 1.87 bits per heavy atom. The topological polar surface area (TPSA) is 84.5 Å². The number of carbonyl (C=O) groups excluding carboxylic acids is 1. The molecule has 6 nitrogen and oxygen atoms in total. The molecule has 1 amide bonds. The van der Waals surface area contributed by atoms with Crippen LogP contribution < -0.4 is 14.8 Å². The lowest BCUT2D eigenvalue weighted by Gasteiger charge is -2.12. The minimum atomic E-state index is -3.43. The Hall–Kier alpha value is -2.25. The zero-order chi connectivity index (χ0) is 17.0. The van der Waals surface area contributed by atoms with Gasteiger partial charge in [-0.2, -0.15) is 0 Å². The van der Waals surface area contributed by atoms with E-state index in [1.807, 2.05) is 0 Å². The van der Waals surface area contributed by atoms with Gasteiger partial charge in [-0.15, -0.1) is 0 Å². The fourth-order valence-corrected chi connectivity index (χ4v) is 2.69. The minimum Gasteiger partial charge on any atom is -0.494 e. The third-order valence-electron chi connectivity index (χ3n) is 2.87. The van der Waals surface area contributed by atoms with Gasteiger partial charge in [0.15, 0.2) is 0 Å². The number of benzene rings is 2. The zero-order valence-corrected chi connectivity index (χ0v) is 14.0. The van der Waals surface area contributed by atoms with Crippen LogP contribution in [-0.2, 0) is 10.0 Å². The van der Waals surface area contributed by atoms with Crippen LogP contribution in [0.1, 0.15) is 10.4 Å². The second kappa shape index (κ2) is 6.89. The second-order valence-electron chi connectivity index (χ2n) is 4.72. The number of amides is 1. The largest absolute Gasteiger partial charge is 0.494 e. The molecule has 0 saturated heterocycles. The van der Waals surface area contributed by atoms with E-state index in [1.54, 1.807) is 30.3 Å². The Kier molecular flexibility index (Phi) is 5.12. The fraction of sp³-hybridized carbons (Fsp3) is 0.133. The molecule has 0 bridgehead atoms. The van der Waals surface area contributed by atoms with Crippen molar-refractivity contribution < 1.29 is 17.9 Å². The molecule has 2 aromatic rings. The summed E-state index contributed by atoms with van der Waals surface area (Å²) in [5.41, 5.74) is 1.07. The van der Waals surface area contributed by atoms with Crippen LogP contribution in [0.3, 0.4) is 0 Å². The van der Waals surface area contributed by atoms with E-state index in [0.717, 1.165) is 6.26 Å². The van der Waals surface area contributed by atoms with Gasteiger partial charge in [-0.3, -0.25) is 9.52 Å². The molecule has 0 aromatic heterocycles. The normalized spacial score (nSPS) is 10.9. The summed E-state index contributed by atoms with van der Waals surface area (Å²) in [7, 11) is -2.02. The van der Waals surface area contributed by atoms with Gasteiger partial charge in [0.2, 0.25) is 10.0 Å². The molecular formula is C15H15ClN2O4S. The molecule has 8 heteroatoms. The summed E-state index contributed by atoms with van der Waals surface area (Å²) >= 11 is 5.98. The molecule has 0 aliphatic rings. The Balaban J connectivity index is 2.24. The van der Waals surface area contributed by atoms with E-state index in [9.17, 15) is 13.2 Å². The molecule has 23 heavy (non-hydrogen) atoms. The predicted molar refractivity (Wildman–Crippen MR) is 90.9 cm³/mol.